The highest BCUT2D eigenvalue weighted by molar-refractivity contribution is 9.11. The first-order valence-electron chi connectivity index (χ1n) is 8.74. The fourth-order valence-corrected chi connectivity index (χ4v) is 4.12. The van der Waals surface area contributed by atoms with E-state index in [1.165, 1.54) is 0 Å². The number of nitrogens with one attached hydrogen (secondary N) is 1. The van der Waals surface area contributed by atoms with E-state index >= 15 is 0 Å². The Morgan fingerprint density at radius 3 is 2.44 bits per heavy atom. The van der Waals surface area contributed by atoms with Crippen LogP contribution >= 0.6 is 31.9 Å². The first-order chi connectivity index (χ1) is 13.0. The summed E-state index contributed by atoms with van der Waals surface area (Å²) in [6.45, 7) is 1.23. The minimum atomic E-state index is -0.0659. The lowest BCUT2D eigenvalue weighted by Gasteiger charge is -2.32. The molecule has 1 saturated heterocycles. The number of carbonyl (C=O) groups excluding carboxylic acids is 2. The number of carbonyl (C=O) groups is 2. The zero-order chi connectivity index (χ0) is 19.2. The van der Waals surface area contributed by atoms with Gasteiger partial charge in [-0.15, -0.1) is 0 Å². The van der Waals surface area contributed by atoms with E-state index in [1.807, 2.05) is 36.4 Å². The van der Waals surface area contributed by atoms with Gasteiger partial charge in [0.05, 0.1) is 4.47 Å². The van der Waals surface area contributed by atoms with Gasteiger partial charge in [-0.3, -0.25) is 9.59 Å². The van der Waals surface area contributed by atoms with Crippen molar-refractivity contribution < 1.29 is 14.3 Å². The molecule has 142 valence electrons. The average Bonchev–Trinajstić information content (AvgIpc) is 2.68. The third-order valence-electron chi connectivity index (χ3n) is 4.46. The molecule has 0 bridgehead atoms. The number of likely N-dealkylation sites (tertiary alicyclic amines) is 1. The topological polar surface area (TPSA) is 58.6 Å². The molecule has 5 nitrogen and oxygen atoms in total. The zero-order valence-corrected chi connectivity index (χ0v) is 17.8. The van der Waals surface area contributed by atoms with Crippen LogP contribution < -0.4 is 10.1 Å². The van der Waals surface area contributed by atoms with Gasteiger partial charge in [-0.05, 0) is 59.1 Å². The molecule has 3 rings (SSSR count). The predicted octanol–water partition coefficient (Wildman–Crippen LogP) is 4.01. The van der Waals surface area contributed by atoms with E-state index in [-0.39, 0.29) is 24.5 Å². The van der Waals surface area contributed by atoms with Gasteiger partial charge in [-0.25, -0.2) is 0 Å². The number of halogens is 2. The van der Waals surface area contributed by atoms with Gasteiger partial charge in [0.15, 0.2) is 6.61 Å². The van der Waals surface area contributed by atoms with E-state index in [1.54, 1.807) is 17.0 Å². The smallest absolute Gasteiger partial charge is 0.260 e. The second-order valence-electron chi connectivity index (χ2n) is 6.36. The van der Waals surface area contributed by atoms with Gasteiger partial charge < -0.3 is 15.0 Å². The number of hydrogen-bond acceptors (Lipinski definition) is 3. The van der Waals surface area contributed by atoms with Gasteiger partial charge in [-0.2, -0.15) is 0 Å². The third-order valence-corrected chi connectivity index (χ3v) is 5.58. The van der Waals surface area contributed by atoms with Crippen molar-refractivity contribution in [2.24, 2.45) is 0 Å². The maximum atomic E-state index is 12.4. The van der Waals surface area contributed by atoms with Crippen LogP contribution in [0.5, 0.6) is 5.75 Å². The van der Waals surface area contributed by atoms with Gasteiger partial charge in [0.25, 0.3) is 11.8 Å². The lowest BCUT2D eigenvalue weighted by Crippen LogP contribution is -2.47. The molecule has 0 spiro atoms. The molecule has 7 heteroatoms. The summed E-state index contributed by atoms with van der Waals surface area (Å²) in [6, 6.07) is 14.8. The SMILES string of the molecule is O=C(NC1CCN(C(=O)COc2ccc(Br)cc2Br)CC1)c1ccccc1. The minimum Gasteiger partial charge on any atom is -0.483 e. The van der Waals surface area contributed by atoms with E-state index in [2.05, 4.69) is 37.2 Å². The maximum Gasteiger partial charge on any atom is 0.260 e. The lowest BCUT2D eigenvalue weighted by molar-refractivity contribution is -0.134. The Morgan fingerprint density at radius 2 is 1.78 bits per heavy atom. The van der Waals surface area contributed by atoms with Crippen LogP contribution in [0.2, 0.25) is 0 Å². The van der Waals surface area contributed by atoms with Crippen LogP contribution in [0.4, 0.5) is 0 Å². The molecule has 1 N–H and O–H groups in total. The number of benzene rings is 2. The summed E-state index contributed by atoms with van der Waals surface area (Å²) in [7, 11) is 0. The van der Waals surface area contributed by atoms with Crippen LogP contribution in [0.25, 0.3) is 0 Å². The van der Waals surface area contributed by atoms with E-state index in [0.29, 0.717) is 24.4 Å². The third kappa shape index (κ3) is 5.56. The van der Waals surface area contributed by atoms with Crippen molar-refractivity contribution in [2.45, 2.75) is 18.9 Å². The van der Waals surface area contributed by atoms with Gasteiger partial charge in [0.1, 0.15) is 5.75 Å². The summed E-state index contributed by atoms with van der Waals surface area (Å²) in [5.41, 5.74) is 0.657. The largest absolute Gasteiger partial charge is 0.483 e. The van der Waals surface area contributed by atoms with E-state index < -0.39 is 0 Å². The number of amides is 2. The lowest BCUT2D eigenvalue weighted by atomic mass is 10.0. The number of ether oxygens (including phenoxy) is 1. The normalized spacial score (nSPS) is 14.7. The highest BCUT2D eigenvalue weighted by atomic mass is 79.9. The van der Waals surface area contributed by atoms with Gasteiger partial charge in [-0.1, -0.05) is 34.1 Å². The molecular weight excluding hydrogens is 476 g/mol. The Hall–Kier alpha value is -1.86. The molecule has 1 fully saturated rings. The van der Waals surface area contributed by atoms with Crippen LogP contribution in [0.1, 0.15) is 23.2 Å². The Bertz CT molecular complexity index is 806. The summed E-state index contributed by atoms with van der Waals surface area (Å²) < 4.78 is 7.36. The molecule has 0 aromatic heterocycles. The fraction of sp³-hybridized carbons (Fsp3) is 0.300. The van der Waals surface area contributed by atoms with Crippen molar-refractivity contribution in [1.29, 1.82) is 0 Å². The average molecular weight is 496 g/mol. The van der Waals surface area contributed by atoms with Crippen LogP contribution in [0.3, 0.4) is 0 Å². The molecule has 0 radical (unpaired) electrons. The summed E-state index contributed by atoms with van der Waals surface area (Å²) in [4.78, 5) is 26.4. The minimum absolute atomic E-state index is 0.00126. The highest BCUT2D eigenvalue weighted by Crippen LogP contribution is 2.28. The number of hydrogen-bond donors (Lipinski definition) is 1. The summed E-state index contributed by atoms with van der Waals surface area (Å²) in [5.74, 6) is 0.526. The van der Waals surface area contributed by atoms with Crippen molar-refractivity contribution in [3.8, 4) is 5.75 Å². The second-order valence-corrected chi connectivity index (χ2v) is 8.13. The van der Waals surface area contributed by atoms with E-state index in [9.17, 15) is 9.59 Å². The molecular formula is C20H20Br2N2O3. The van der Waals surface area contributed by atoms with Gasteiger partial charge in [0, 0.05) is 29.2 Å². The molecule has 0 atom stereocenters. The molecule has 2 amide bonds. The van der Waals surface area contributed by atoms with Crippen LogP contribution in [0.15, 0.2) is 57.5 Å². The van der Waals surface area contributed by atoms with Crippen molar-refractivity contribution in [2.75, 3.05) is 19.7 Å². The van der Waals surface area contributed by atoms with Crippen molar-refractivity contribution in [3.05, 3.63) is 63.0 Å². The molecule has 1 aliphatic rings. The van der Waals surface area contributed by atoms with Crippen molar-refractivity contribution in [3.63, 3.8) is 0 Å². The summed E-state index contributed by atoms with van der Waals surface area (Å²) in [5, 5.41) is 3.05. The summed E-state index contributed by atoms with van der Waals surface area (Å²) in [6.07, 6.45) is 1.48. The zero-order valence-electron chi connectivity index (χ0n) is 14.7. The van der Waals surface area contributed by atoms with Crippen LogP contribution in [-0.4, -0.2) is 42.5 Å². The molecule has 0 saturated carbocycles. The number of piperidine rings is 1. The van der Waals surface area contributed by atoms with E-state index in [0.717, 1.165) is 21.8 Å². The Morgan fingerprint density at radius 1 is 1.07 bits per heavy atom. The highest BCUT2D eigenvalue weighted by Gasteiger charge is 2.24. The standard InChI is InChI=1S/C20H20Br2N2O3/c21-15-6-7-18(17(22)12-15)27-13-19(25)24-10-8-16(9-11-24)23-20(26)14-4-2-1-3-5-14/h1-7,12,16H,8-11,13H2,(H,23,26). The molecule has 0 aliphatic carbocycles. The second kappa shape index (κ2) is 9.37. The first kappa shape index (κ1) is 19.9. The first-order valence-corrected chi connectivity index (χ1v) is 10.3. The quantitative estimate of drug-likeness (QED) is 0.681. The van der Waals surface area contributed by atoms with E-state index in [4.69, 9.17) is 4.74 Å². The molecule has 0 unspecified atom stereocenters. The van der Waals surface area contributed by atoms with Gasteiger partial charge >= 0.3 is 0 Å². The predicted molar refractivity (Wildman–Crippen MR) is 111 cm³/mol. The molecule has 1 heterocycles. The molecule has 1 aliphatic heterocycles. The molecule has 2 aromatic rings. The number of rotatable bonds is 5. The maximum absolute atomic E-state index is 12.4. The fourth-order valence-electron chi connectivity index (χ4n) is 2.95. The molecule has 2 aromatic carbocycles. The molecule has 27 heavy (non-hydrogen) atoms. The van der Waals surface area contributed by atoms with Crippen LogP contribution in [0, 0.1) is 0 Å². The summed E-state index contributed by atoms with van der Waals surface area (Å²) >= 11 is 6.81. The van der Waals surface area contributed by atoms with Gasteiger partial charge in [0.2, 0.25) is 0 Å². The van der Waals surface area contributed by atoms with Crippen molar-refractivity contribution in [1.82, 2.24) is 10.2 Å². The van der Waals surface area contributed by atoms with Crippen molar-refractivity contribution >= 4 is 43.7 Å². The number of nitrogens with zero attached hydrogens (tertiary/aromatic N) is 1. The Labute approximate surface area is 175 Å². The Balaban J connectivity index is 1.44. The monoisotopic (exact) mass is 494 g/mol. The Kier molecular flexibility index (Phi) is 6.90. The van der Waals surface area contributed by atoms with Crippen LogP contribution in [-0.2, 0) is 4.79 Å².